The van der Waals surface area contributed by atoms with Crippen LogP contribution >= 0.6 is 0 Å². The predicted molar refractivity (Wildman–Crippen MR) is 66.6 cm³/mol. The summed E-state index contributed by atoms with van der Waals surface area (Å²) in [5, 5.41) is 2.67. The van der Waals surface area contributed by atoms with Crippen LogP contribution in [0, 0.1) is 0 Å². The molecule has 5 nitrogen and oxygen atoms in total. The topological polar surface area (TPSA) is 77.8 Å². The Balaban J connectivity index is 2.13. The zero-order chi connectivity index (χ0) is 12.3. The molecule has 0 saturated carbocycles. The van der Waals surface area contributed by atoms with Gasteiger partial charge in [-0.15, -0.1) is 0 Å². The Kier molecular flexibility index (Phi) is 3.09. The third-order valence-electron chi connectivity index (χ3n) is 2.32. The summed E-state index contributed by atoms with van der Waals surface area (Å²) in [4.78, 5) is 27.1. The number of aromatic nitrogens is 2. The van der Waals surface area contributed by atoms with Crippen molar-refractivity contribution in [1.82, 2.24) is 15.3 Å². The van der Waals surface area contributed by atoms with E-state index in [-0.39, 0.29) is 11.6 Å². The average molecular weight is 231 g/mol. The lowest BCUT2D eigenvalue weighted by Crippen LogP contribution is -2.19. The van der Waals surface area contributed by atoms with Crippen LogP contribution < -0.4 is 11.0 Å². The highest BCUT2D eigenvalue weighted by Crippen LogP contribution is 2.11. The van der Waals surface area contributed by atoms with Gasteiger partial charge in [-0.25, -0.2) is 4.79 Å². The maximum Gasteiger partial charge on any atom is 0.323 e. The Morgan fingerprint density at radius 2 is 2.12 bits per heavy atom. The number of benzene rings is 1. The molecule has 1 heterocycles. The van der Waals surface area contributed by atoms with Gasteiger partial charge < -0.3 is 15.3 Å². The van der Waals surface area contributed by atoms with Crippen LogP contribution in [0.25, 0.3) is 17.1 Å². The molecule has 2 aromatic rings. The van der Waals surface area contributed by atoms with E-state index in [0.717, 1.165) is 16.6 Å². The number of nitrogens with one attached hydrogen (secondary N) is 3. The molecule has 0 spiro atoms. The van der Waals surface area contributed by atoms with Gasteiger partial charge in [0.05, 0.1) is 11.0 Å². The van der Waals surface area contributed by atoms with E-state index < -0.39 is 0 Å². The number of aromatic amines is 2. The van der Waals surface area contributed by atoms with Crippen molar-refractivity contribution in [3.63, 3.8) is 0 Å². The molecule has 2 rings (SSSR count). The first-order valence-electron chi connectivity index (χ1n) is 5.28. The minimum atomic E-state index is -0.209. The normalized spacial score (nSPS) is 11.1. The second-order valence-electron chi connectivity index (χ2n) is 3.72. The highest BCUT2D eigenvalue weighted by atomic mass is 16.1. The van der Waals surface area contributed by atoms with Gasteiger partial charge in [0.1, 0.15) is 0 Å². The number of hydrogen-bond donors (Lipinski definition) is 3. The number of carbonyl (C=O) groups is 1. The van der Waals surface area contributed by atoms with Gasteiger partial charge in [-0.05, 0) is 17.7 Å². The number of H-pyrrole nitrogens is 2. The molecule has 0 unspecified atom stereocenters. The van der Waals surface area contributed by atoms with Crippen molar-refractivity contribution in [2.45, 2.75) is 6.92 Å². The molecular formula is C12H13N3O2. The van der Waals surface area contributed by atoms with Crippen LogP contribution in [0.5, 0.6) is 0 Å². The number of fused-ring (bicyclic) bond motifs is 1. The first-order valence-corrected chi connectivity index (χ1v) is 5.28. The van der Waals surface area contributed by atoms with Gasteiger partial charge in [-0.2, -0.15) is 0 Å². The molecule has 0 aliphatic heterocycles. The molecule has 3 N–H and O–H groups in total. The molecule has 0 atom stereocenters. The summed E-state index contributed by atoms with van der Waals surface area (Å²) >= 11 is 0. The molecule has 0 radical (unpaired) electrons. The Morgan fingerprint density at radius 1 is 1.35 bits per heavy atom. The zero-order valence-electron chi connectivity index (χ0n) is 9.41. The van der Waals surface area contributed by atoms with E-state index in [1.807, 2.05) is 30.4 Å². The molecule has 0 saturated heterocycles. The fraction of sp³-hybridized carbons (Fsp3) is 0.167. The van der Waals surface area contributed by atoms with E-state index in [0.29, 0.717) is 6.54 Å². The molecule has 5 heteroatoms. The quantitative estimate of drug-likeness (QED) is 0.737. The third kappa shape index (κ3) is 2.84. The highest BCUT2D eigenvalue weighted by Gasteiger charge is 1.97. The molecule has 17 heavy (non-hydrogen) atoms. The van der Waals surface area contributed by atoms with E-state index in [1.54, 1.807) is 0 Å². The third-order valence-corrected chi connectivity index (χ3v) is 2.32. The largest absolute Gasteiger partial charge is 0.353 e. The van der Waals surface area contributed by atoms with Gasteiger partial charge in [0.2, 0.25) is 5.91 Å². The monoisotopic (exact) mass is 231 g/mol. The van der Waals surface area contributed by atoms with Crippen molar-refractivity contribution in [2.75, 3.05) is 6.54 Å². The van der Waals surface area contributed by atoms with Gasteiger partial charge in [0.15, 0.2) is 0 Å². The van der Waals surface area contributed by atoms with Gasteiger partial charge in [0.25, 0.3) is 0 Å². The fourth-order valence-corrected chi connectivity index (χ4v) is 1.55. The highest BCUT2D eigenvalue weighted by molar-refractivity contribution is 5.77. The Hall–Kier alpha value is -2.30. The summed E-state index contributed by atoms with van der Waals surface area (Å²) in [6, 6.07) is 5.61. The number of rotatable bonds is 3. The Morgan fingerprint density at radius 3 is 2.88 bits per heavy atom. The second kappa shape index (κ2) is 4.69. The number of hydrogen-bond acceptors (Lipinski definition) is 2. The SMILES string of the molecule is CC(=O)NCC=Cc1ccc2[nH]c(=O)[nH]c2c1. The van der Waals surface area contributed by atoms with Crippen molar-refractivity contribution in [2.24, 2.45) is 0 Å². The van der Waals surface area contributed by atoms with Crippen LogP contribution in [0.4, 0.5) is 0 Å². The number of carbonyl (C=O) groups excluding carboxylic acids is 1. The van der Waals surface area contributed by atoms with Gasteiger partial charge in [-0.3, -0.25) is 4.79 Å². The smallest absolute Gasteiger partial charge is 0.323 e. The maximum atomic E-state index is 11.1. The standard InChI is InChI=1S/C12H13N3O2/c1-8(16)13-6-2-3-9-4-5-10-11(7-9)15-12(17)14-10/h2-5,7H,6H2,1H3,(H,13,16)(H2,14,15,17). The van der Waals surface area contributed by atoms with Gasteiger partial charge in [-0.1, -0.05) is 18.2 Å². The van der Waals surface area contributed by atoms with Crippen LogP contribution in [0.2, 0.25) is 0 Å². The van der Waals surface area contributed by atoms with Crippen molar-refractivity contribution >= 4 is 23.0 Å². The lowest BCUT2D eigenvalue weighted by Gasteiger charge is -1.96. The molecular weight excluding hydrogens is 218 g/mol. The summed E-state index contributed by atoms with van der Waals surface area (Å²) in [5.74, 6) is -0.0555. The summed E-state index contributed by atoms with van der Waals surface area (Å²) in [6.45, 7) is 1.97. The minimum absolute atomic E-state index is 0.0555. The van der Waals surface area contributed by atoms with Crippen molar-refractivity contribution in [3.05, 3.63) is 40.3 Å². The van der Waals surface area contributed by atoms with Crippen molar-refractivity contribution in [3.8, 4) is 0 Å². The molecule has 1 amide bonds. The molecule has 0 fully saturated rings. The van der Waals surface area contributed by atoms with E-state index in [9.17, 15) is 9.59 Å². The molecule has 88 valence electrons. The summed E-state index contributed by atoms with van der Waals surface area (Å²) in [5.41, 5.74) is 2.32. The summed E-state index contributed by atoms with van der Waals surface area (Å²) in [7, 11) is 0. The Bertz CT molecular complexity index is 622. The molecule has 1 aromatic carbocycles. The van der Waals surface area contributed by atoms with Crippen molar-refractivity contribution < 1.29 is 4.79 Å². The first kappa shape index (κ1) is 11.2. The zero-order valence-corrected chi connectivity index (χ0v) is 9.41. The van der Waals surface area contributed by atoms with E-state index >= 15 is 0 Å². The average Bonchev–Trinajstić information content (AvgIpc) is 2.63. The molecule has 0 aliphatic rings. The van der Waals surface area contributed by atoms with Crippen LogP contribution in [0.1, 0.15) is 12.5 Å². The molecule has 1 aromatic heterocycles. The lowest BCUT2D eigenvalue weighted by atomic mass is 10.2. The van der Waals surface area contributed by atoms with Crippen LogP contribution in [0.15, 0.2) is 29.1 Å². The Labute approximate surface area is 97.5 Å². The van der Waals surface area contributed by atoms with Crippen LogP contribution in [-0.2, 0) is 4.79 Å². The first-order chi connectivity index (χ1) is 8.15. The van der Waals surface area contributed by atoms with E-state index in [4.69, 9.17) is 0 Å². The van der Waals surface area contributed by atoms with Gasteiger partial charge in [0, 0.05) is 13.5 Å². The summed E-state index contributed by atoms with van der Waals surface area (Å²) < 4.78 is 0. The second-order valence-corrected chi connectivity index (χ2v) is 3.72. The predicted octanol–water partition coefficient (Wildman–Crippen LogP) is 1.01. The van der Waals surface area contributed by atoms with Gasteiger partial charge >= 0.3 is 5.69 Å². The maximum absolute atomic E-state index is 11.1. The number of imidazole rings is 1. The fourth-order valence-electron chi connectivity index (χ4n) is 1.55. The van der Waals surface area contributed by atoms with E-state index in [2.05, 4.69) is 15.3 Å². The number of amides is 1. The van der Waals surface area contributed by atoms with Crippen molar-refractivity contribution in [1.29, 1.82) is 0 Å². The van der Waals surface area contributed by atoms with Crippen LogP contribution in [-0.4, -0.2) is 22.4 Å². The van der Waals surface area contributed by atoms with E-state index in [1.165, 1.54) is 6.92 Å². The lowest BCUT2D eigenvalue weighted by molar-refractivity contribution is -0.118. The summed E-state index contributed by atoms with van der Waals surface area (Å²) in [6.07, 6.45) is 3.74. The minimum Gasteiger partial charge on any atom is -0.353 e. The molecule has 0 aliphatic carbocycles. The van der Waals surface area contributed by atoms with Crippen LogP contribution in [0.3, 0.4) is 0 Å². The molecule has 0 bridgehead atoms.